The zero-order chi connectivity index (χ0) is 14.7. The van der Waals surface area contributed by atoms with E-state index in [9.17, 15) is 4.79 Å². The third-order valence-electron chi connectivity index (χ3n) is 3.09. The van der Waals surface area contributed by atoms with Gasteiger partial charge in [-0.2, -0.15) is 0 Å². The predicted molar refractivity (Wildman–Crippen MR) is 77.4 cm³/mol. The van der Waals surface area contributed by atoms with E-state index in [-0.39, 0.29) is 5.91 Å². The number of halogens is 1. The number of benzene rings is 1. The highest BCUT2D eigenvalue weighted by Gasteiger charge is 2.19. The van der Waals surface area contributed by atoms with E-state index in [1.54, 1.807) is 31.4 Å². The average Bonchev–Trinajstić information content (AvgIpc) is 2.95. The highest BCUT2D eigenvalue weighted by Crippen LogP contribution is 2.31. The number of carbonyl (C=O) groups is 1. The van der Waals surface area contributed by atoms with E-state index in [1.165, 1.54) is 7.11 Å². The molecule has 2 rings (SSSR count). The predicted octanol–water partition coefficient (Wildman–Crippen LogP) is 3.49. The number of methoxy groups -OCH3 is 1. The van der Waals surface area contributed by atoms with Crippen molar-refractivity contribution < 1.29 is 13.9 Å². The maximum atomic E-state index is 12.3. The third-order valence-corrected chi connectivity index (χ3v) is 3.68. The molecule has 0 atom stereocenters. The summed E-state index contributed by atoms with van der Waals surface area (Å²) in [4.78, 5) is 12.3. The summed E-state index contributed by atoms with van der Waals surface area (Å²) in [5.74, 6) is 0.965. The molecule has 20 heavy (non-hydrogen) atoms. The molecule has 0 saturated heterocycles. The molecular weight excluding hydrogens is 278 g/mol. The largest absolute Gasteiger partial charge is 0.496 e. The maximum absolute atomic E-state index is 12.3. The smallest absolute Gasteiger partial charge is 0.255 e. The molecule has 4 nitrogen and oxygen atoms in total. The minimum absolute atomic E-state index is 0.238. The lowest BCUT2D eigenvalue weighted by molar-refractivity contribution is 0.0944. The van der Waals surface area contributed by atoms with Gasteiger partial charge in [-0.3, -0.25) is 4.79 Å². The second-order valence-electron chi connectivity index (χ2n) is 4.47. The van der Waals surface area contributed by atoms with Crippen LogP contribution in [0.25, 0.3) is 0 Å². The summed E-state index contributed by atoms with van der Waals surface area (Å²) in [6.45, 7) is 4.00. The lowest BCUT2D eigenvalue weighted by atomic mass is 10.0. The van der Waals surface area contributed by atoms with Gasteiger partial charge in [0.15, 0.2) is 0 Å². The minimum atomic E-state index is -0.238. The molecule has 0 bridgehead atoms. The molecule has 1 aromatic carbocycles. The highest BCUT2D eigenvalue weighted by molar-refractivity contribution is 6.32. The third kappa shape index (κ3) is 2.80. The fourth-order valence-corrected chi connectivity index (χ4v) is 2.18. The number of aryl methyl sites for hydroxylation is 1. The first kappa shape index (κ1) is 14.5. The normalized spacial score (nSPS) is 10.4. The van der Waals surface area contributed by atoms with Gasteiger partial charge in [0.1, 0.15) is 11.5 Å². The van der Waals surface area contributed by atoms with E-state index in [0.717, 1.165) is 5.56 Å². The van der Waals surface area contributed by atoms with Crippen molar-refractivity contribution in [1.82, 2.24) is 5.32 Å². The van der Waals surface area contributed by atoms with Crippen LogP contribution in [0.15, 0.2) is 28.9 Å². The summed E-state index contributed by atoms with van der Waals surface area (Å²) >= 11 is 6.20. The number of nitrogens with one attached hydrogen (secondary N) is 1. The lowest BCUT2D eigenvalue weighted by Crippen LogP contribution is -2.24. The fraction of sp³-hybridized carbons (Fsp3) is 0.267. The van der Waals surface area contributed by atoms with E-state index >= 15 is 0 Å². The Morgan fingerprint density at radius 1 is 1.45 bits per heavy atom. The van der Waals surface area contributed by atoms with Gasteiger partial charge >= 0.3 is 0 Å². The maximum Gasteiger partial charge on any atom is 0.255 e. The Kier molecular flexibility index (Phi) is 4.35. The van der Waals surface area contributed by atoms with Gasteiger partial charge in [0.2, 0.25) is 0 Å². The van der Waals surface area contributed by atoms with Gasteiger partial charge in [-0.15, -0.1) is 0 Å². The second kappa shape index (κ2) is 6.01. The Morgan fingerprint density at radius 3 is 2.80 bits per heavy atom. The highest BCUT2D eigenvalue weighted by atomic mass is 35.5. The number of hydrogen-bond acceptors (Lipinski definition) is 3. The van der Waals surface area contributed by atoms with Crippen molar-refractivity contribution >= 4 is 17.5 Å². The molecule has 1 heterocycles. The van der Waals surface area contributed by atoms with Gasteiger partial charge in [0.05, 0.1) is 25.5 Å². The summed E-state index contributed by atoms with van der Waals surface area (Å²) in [5, 5.41) is 3.37. The van der Waals surface area contributed by atoms with Crippen molar-refractivity contribution in [3.63, 3.8) is 0 Å². The molecule has 1 aromatic heterocycles. The van der Waals surface area contributed by atoms with Crippen molar-refractivity contribution in [3.05, 3.63) is 51.9 Å². The molecule has 0 radical (unpaired) electrons. The number of amides is 1. The summed E-state index contributed by atoms with van der Waals surface area (Å²) in [5.41, 5.74) is 2.04. The Labute approximate surface area is 122 Å². The van der Waals surface area contributed by atoms with Crippen LogP contribution < -0.4 is 10.1 Å². The fourth-order valence-electron chi connectivity index (χ4n) is 2.03. The average molecular weight is 294 g/mol. The molecule has 0 aliphatic heterocycles. The summed E-state index contributed by atoms with van der Waals surface area (Å²) in [6.07, 6.45) is 1.57. The van der Waals surface area contributed by atoms with Crippen LogP contribution in [0, 0.1) is 13.8 Å². The first-order chi connectivity index (χ1) is 9.54. The molecule has 0 saturated carbocycles. The minimum Gasteiger partial charge on any atom is -0.496 e. The Bertz CT molecular complexity index is 621. The number of carbonyl (C=O) groups excluding carboxylic acids is 1. The molecule has 0 unspecified atom stereocenters. The van der Waals surface area contributed by atoms with E-state index in [1.807, 2.05) is 6.92 Å². The van der Waals surface area contributed by atoms with Crippen LogP contribution in [0.1, 0.15) is 27.2 Å². The molecule has 0 aliphatic rings. The van der Waals surface area contributed by atoms with Crippen LogP contribution in [-0.2, 0) is 6.54 Å². The monoisotopic (exact) mass is 293 g/mol. The van der Waals surface area contributed by atoms with Crippen molar-refractivity contribution in [2.45, 2.75) is 20.4 Å². The van der Waals surface area contributed by atoms with Crippen LogP contribution >= 0.6 is 11.6 Å². The van der Waals surface area contributed by atoms with Crippen LogP contribution in [0.2, 0.25) is 5.02 Å². The number of rotatable bonds is 4. The van der Waals surface area contributed by atoms with Crippen LogP contribution in [0.4, 0.5) is 0 Å². The first-order valence-corrected chi connectivity index (χ1v) is 6.56. The SMILES string of the molecule is COc1cc(C)c(Cl)c(C)c1C(=O)NCc1ccco1. The summed E-state index contributed by atoms with van der Waals surface area (Å²) in [6, 6.07) is 5.33. The summed E-state index contributed by atoms with van der Waals surface area (Å²) < 4.78 is 10.5. The number of hydrogen-bond donors (Lipinski definition) is 1. The van der Waals surface area contributed by atoms with Gasteiger partial charge in [-0.05, 0) is 43.2 Å². The Balaban J connectivity index is 2.27. The zero-order valence-corrected chi connectivity index (χ0v) is 12.4. The quantitative estimate of drug-likeness (QED) is 0.939. The first-order valence-electron chi connectivity index (χ1n) is 6.19. The van der Waals surface area contributed by atoms with Crippen LogP contribution in [0.3, 0.4) is 0 Å². The standard InChI is InChI=1S/C15H16ClNO3/c1-9-7-12(19-3)13(10(2)14(9)16)15(18)17-8-11-5-4-6-20-11/h4-7H,8H2,1-3H3,(H,17,18). The van der Waals surface area contributed by atoms with Crippen molar-refractivity contribution in [2.24, 2.45) is 0 Å². The van der Waals surface area contributed by atoms with Crippen molar-refractivity contribution in [3.8, 4) is 5.75 Å². The molecule has 0 spiro atoms. The van der Waals surface area contributed by atoms with E-state index in [4.69, 9.17) is 20.8 Å². The molecule has 5 heteroatoms. The van der Waals surface area contributed by atoms with Gasteiger partial charge in [0, 0.05) is 5.02 Å². The lowest BCUT2D eigenvalue weighted by Gasteiger charge is -2.14. The number of ether oxygens (including phenoxy) is 1. The topological polar surface area (TPSA) is 51.5 Å². The summed E-state index contributed by atoms with van der Waals surface area (Å²) in [7, 11) is 1.53. The molecule has 0 aliphatic carbocycles. The second-order valence-corrected chi connectivity index (χ2v) is 4.85. The molecule has 0 fully saturated rings. The van der Waals surface area contributed by atoms with E-state index < -0.39 is 0 Å². The van der Waals surface area contributed by atoms with Crippen molar-refractivity contribution in [2.75, 3.05) is 7.11 Å². The molecular formula is C15H16ClNO3. The van der Waals surface area contributed by atoms with E-state index in [0.29, 0.717) is 34.2 Å². The number of furan rings is 1. The Hall–Kier alpha value is -1.94. The van der Waals surface area contributed by atoms with Gasteiger partial charge in [-0.25, -0.2) is 0 Å². The zero-order valence-electron chi connectivity index (χ0n) is 11.6. The molecule has 1 N–H and O–H groups in total. The van der Waals surface area contributed by atoms with Crippen LogP contribution in [-0.4, -0.2) is 13.0 Å². The molecule has 2 aromatic rings. The van der Waals surface area contributed by atoms with Gasteiger partial charge < -0.3 is 14.5 Å². The van der Waals surface area contributed by atoms with Crippen molar-refractivity contribution in [1.29, 1.82) is 0 Å². The van der Waals surface area contributed by atoms with Gasteiger partial charge in [-0.1, -0.05) is 11.6 Å². The van der Waals surface area contributed by atoms with E-state index in [2.05, 4.69) is 5.32 Å². The van der Waals surface area contributed by atoms with Crippen LogP contribution in [0.5, 0.6) is 5.75 Å². The Morgan fingerprint density at radius 2 is 2.20 bits per heavy atom. The van der Waals surface area contributed by atoms with Gasteiger partial charge in [0.25, 0.3) is 5.91 Å². The molecule has 1 amide bonds. The molecule has 106 valence electrons.